The van der Waals surface area contributed by atoms with E-state index in [2.05, 4.69) is 21.2 Å². The number of carbonyl (C=O) groups excluding carboxylic acids is 1. The Morgan fingerprint density at radius 2 is 2.25 bits per heavy atom. The zero-order valence-electron chi connectivity index (χ0n) is 8.80. The van der Waals surface area contributed by atoms with Gasteiger partial charge in [-0.15, -0.1) is 0 Å². The van der Waals surface area contributed by atoms with Crippen molar-refractivity contribution in [2.75, 3.05) is 5.32 Å². The fourth-order valence-corrected chi connectivity index (χ4v) is 2.20. The van der Waals surface area contributed by atoms with Gasteiger partial charge >= 0.3 is 0 Å². The van der Waals surface area contributed by atoms with Gasteiger partial charge in [0.25, 0.3) is 0 Å². The molecule has 16 heavy (non-hydrogen) atoms. The highest BCUT2D eigenvalue weighted by atomic mass is 79.9. The molecule has 1 aromatic rings. The topological polar surface area (TPSA) is 29.1 Å². The molecule has 0 spiro atoms. The summed E-state index contributed by atoms with van der Waals surface area (Å²) in [5.74, 6) is 0.236. The van der Waals surface area contributed by atoms with E-state index < -0.39 is 0 Å². The van der Waals surface area contributed by atoms with E-state index in [1.807, 2.05) is 0 Å². The number of nitrogens with one attached hydrogen (secondary N) is 1. The molecular formula is C12H13BrFNO. The Bertz CT molecular complexity index is 404. The summed E-state index contributed by atoms with van der Waals surface area (Å²) in [6.07, 6.45) is 4.11. The highest BCUT2D eigenvalue weighted by Crippen LogP contribution is 2.30. The van der Waals surface area contributed by atoms with Crippen molar-refractivity contribution < 1.29 is 9.18 Å². The second-order valence-corrected chi connectivity index (χ2v) is 5.03. The van der Waals surface area contributed by atoms with Gasteiger partial charge in [-0.2, -0.15) is 0 Å². The van der Waals surface area contributed by atoms with Gasteiger partial charge in [-0.25, -0.2) is 4.39 Å². The van der Waals surface area contributed by atoms with E-state index >= 15 is 0 Å². The molecule has 0 atom stereocenters. The van der Waals surface area contributed by atoms with Crippen molar-refractivity contribution in [3.05, 3.63) is 28.5 Å². The Balaban J connectivity index is 1.94. The minimum atomic E-state index is -0.316. The average molecular weight is 286 g/mol. The zero-order chi connectivity index (χ0) is 11.5. The minimum absolute atomic E-state index is 0.0111. The molecule has 1 saturated carbocycles. The van der Waals surface area contributed by atoms with Crippen LogP contribution in [0.2, 0.25) is 0 Å². The van der Waals surface area contributed by atoms with E-state index in [9.17, 15) is 9.18 Å². The van der Waals surface area contributed by atoms with Crippen LogP contribution < -0.4 is 5.32 Å². The van der Waals surface area contributed by atoms with Crippen LogP contribution in [0.3, 0.4) is 0 Å². The summed E-state index contributed by atoms with van der Waals surface area (Å²) in [6, 6.07) is 4.25. The standard InChI is InChI=1S/C12H13BrFNO/c13-10-7-9(14)4-5-11(10)15-12(16)6-8-2-1-3-8/h4-5,7-8H,1-3,6H2,(H,15,16). The van der Waals surface area contributed by atoms with E-state index in [0.717, 1.165) is 12.8 Å². The first-order valence-corrected chi connectivity index (χ1v) is 6.19. The van der Waals surface area contributed by atoms with Crippen molar-refractivity contribution in [2.45, 2.75) is 25.7 Å². The molecular weight excluding hydrogens is 273 g/mol. The Morgan fingerprint density at radius 3 is 2.81 bits per heavy atom. The van der Waals surface area contributed by atoms with E-state index in [1.165, 1.54) is 18.6 Å². The minimum Gasteiger partial charge on any atom is -0.325 e. The molecule has 0 radical (unpaired) electrons. The SMILES string of the molecule is O=C(CC1CCC1)Nc1ccc(F)cc1Br. The highest BCUT2D eigenvalue weighted by Gasteiger charge is 2.20. The number of hydrogen-bond acceptors (Lipinski definition) is 1. The van der Waals surface area contributed by atoms with Crippen LogP contribution in [-0.4, -0.2) is 5.91 Å². The molecule has 1 aromatic carbocycles. The summed E-state index contributed by atoms with van der Waals surface area (Å²) in [5.41, 5.74) is 0.630. The molecule has 0 aromatic heterocycles. The van der Waals surface area contributed by atoms with Crippen LogP contribution in [0.4, 0.5) is 10.1 Å². The summed E-state index contributed by atoms with van der Waals surface area (Å²) in [6.45, 7) is 0. The normalized spacial score (nSPS) is 15.6. The monoisotopic (exact) mass is 285 g/mol. The first-order chi connectivity index (χ1) is 7.65. The lowest BCUT2D eigenvalue weighted by molar-refractivity contribution is -0.117. The molecule has 1 N–H and O–H groups in total. The Hall–Kier alpha value is -0.900. The summed E-state index contributed by atoms with van der Waals surface area (Å²) in [4.78, 5) is 11.6. The zero-order valence-corrected chi connectivity index (χ0v) is 10.4. The van der Waals surface area contributed by atoms with Gasteiger partial charge in [-0.05, 0) is 52.9 Å². The van der Waals surface area contributed by atoms with E-state index in [-0.39, 0.29) is 11.7 Å². The smallest absolute Gasteiger partial charge is 0.224 e. The number of benzene rings is 1. The molecule has 1 aliphatic rings. The van der Waals surface area contributed by atoms with Crippen molar-refractivity contribution in [3.63, 3.8) is 0 Å². The summed E-state index contributed by atoms with van der Waals surface area (Å²) in [5, 5.41) is 2.78. The van der Waals surface area contributed by atoms with Gasteiger partial charge < -0.3 is 5.32 Å². The van der Waals surface area contributed by atoms with Gasteiger partial charge in [-0.1, -0.05) is 6.42 Å². The van der Waals surface area contributed by atoms with Crippen molar-refractivity contribution in [1.82, 2.24) is 0 Å². The second kappa shape index (κ2) is 4.95. The molecule has 2 nitrogen and oxygen atoms in total. The van der Waals surface area contributed by atoms with E-state index in [1.54, 1.807) is 6.07 Å². The van der Waals surface area contributed by atoms with Gasteiger partial charge in [0.05, 0.1) is 5.69 Å². The van der Waals surface area contributed by atoms with Crippen LogP contribution in [0.15, 0.2) is 22.7 Å². The third-order valence-electron chi connectivity index (χ3n) is 2.90. The Labute approximate surface area is 102 Å². The van der Waals surface area contributed by atoms with Crippen molar-refractivity contribution in [2.24, 2.45) is 5.92 Å². The summed E-state index contributed by atoms with van der Waals surface area (Å²) in [7, 11) is 0. The first-order valence-electron chi connectivity index (χ1n) is 5.40. The van der Waals surface area contributed by atoms with Crippen LogP contribution >= 0.6 is 15.9 Å². The van der Waals surface area contributed by atoms with Crippen LogP contribution in [0.25, 0.3) is 0 Å². The molecule has 1 amide bonds. The summed E-state index contributed by atoms with van der Waals surface area (Å²) < 4.78 is 13.4. The van der Waals surface area contributed by atoms with Crippen LogP contribution in [-0.2, 0) is 4.79 Å². The molecule has 2 rings (SSSR count). The second-order valence-electron chi connectivity index (χ2n) is 4.17. The number of rotatable bonds is 3. The predicted octanol–water partition coefficient (Wildman–Crippen LogP) is 3.72. The molecule has 1 fully saturated rings. The Kier molecular flexibility index (Phi) is 3.59. The summed E-state index contributed by atoms with van der Waals surface area (Å²) >= 11 is 3.22. The molecule has 0 bridgehead atoms. The van der Waals surface area contributed by atoms with Gasteiger partial charge in [-0.3, -0.25) is 4.79 Å². The average Bonchev–Trinajstić information content (AvgIpc) is 2.16. The number of anilines is 1. The molecule has 0 saturated heterocycles. The third kappa shape index (κ3) is 2.82. The maximum absolute atomic E-state index is 12.8. The maximum atomic E-state index is 12.8. The third-order valence-corrected chi connectivity index (χ3v) is 3.56. The van der Waals surface area contributed by atoms with Crippen molar-refractivity contribution >= 4 is 27.5 Å². The van der Waals surface area contributed by atoms with Crippen molar-refractivity contribution in [3.8, 4) is 0 Å². The van der Waals surface area contributed by atoms with Crippen molar-refractivity contribution in [1.29, 1.82) is 0 Å². The van der Waals surface area contributed by atoms with Crippen LogP contribution in [0.1, 0.15) is 25.7 Å². The van der Waals surface area contributed by atoms with Crippen LogP contribution in [0.5, 0.6) is 0 Å². The number of halogens is 2. The maximum Gasteiger partial charge on any atom is 0.224 e. The highest BCUT2D eigenvalue weighted by molar-refractivity contribution is 9.10. The molecule has 0 heterocycles. The van der Waals surface area contributed by atoms with Gasteiger partial charge in [0.2, 0.25) is 5.91 Å². The number of hydrogen-bond donors (Lipinski definition) is 1. The fourth-order valence-electron chi connectivity index (χ4n) is 1.75. The Morgan fingerprint density at radius 1 is 1.50 bits per heavy atom. The lowest BCUT2D eigenvalue weighted by Crippen LogP contribution is -2.21. The molecule has 1 aliphatic carbocycles. The largest absolute Gasteiger partial charge is 0.325 e. The lowest BCUT2D eigenvalue weighted by Gasteiger charge is -2.24. The van der Waals surface area contributed by atoms with E-state index in [0.29, 0.717) is 22.5 Å². The number of carbonyl (C=O) groups is 1. The van der Waals surface area contributed by atoms with Crippen LogP contribution in [0, 0.1) is 11.7 Å². The van der Waals surface area contributed by atoms with Gasteiger partial charge in [0, 0.05) is 10.9 Å². The molecule has 0 unspecified atom stereocenters. The number of amides is 1. The van der Waals surface area contributed by atoms with Gasteiger partial charge in [0.15, 0.2) is 0 Å². The molecule has 0 aliphatic heterocycles. The molecule has 86 valence electrons. The van der Waals surface area contributed by atoms with E-state index in [4.69, 9.17) is 0 Å². The lowest BCUT2D eigenvalue weighted by atomic mass is 9.83. The quantitative estimate of drug-likeness (QED) is 0.901. The fraction of sp³-hybridized carbons (Fsp3) is 0.417. The molecule has 4 heteroatoms. The first kappa shape index (κ1) is 11.6. The van der Waals surface area contributed by atoms with Gasteiger partial charge in [0.1, 0.15) is 5.82 Å². The predicted molar refractivity (Wildman–Crippen MR) is 64.7 cm³/mol.